The molecule has 0 amide bonds. The first-order chi connectivity index (χ1) is 10.7. The molecular formula is C19H15IO2. The number of hydrogen-bond donors (Lipinski definition) is 0. The maximum Gasteiger partial charge on any atom is 0.338 e. The maximum absolute atomic E-state index is 12.4. The molecule has 3 heteroatoms. The zero-order chi connectivity index (χ0) is 15.5. The van der Waals surface area contributed by atoms with E-state index in [1.54, 1.807) is 0 Å². The van der Waals surface area contributed by atoms with Gasteiger partial charge in [-0.1, -0.05) is 54.6 Å². The number of hydrogen-bond acceptors (Lipinski definition) is 2. The van der Waals surface area contributed by atoms with Crippen molar-refractivity contribution in [2.45, 2.75) is 6.92 Å². The number of rotatable bonds is 3. The van der Waals surface area contributed by atoms with Crippen LogP contribution in [0, 0.1) is 3.57 Å². The lowest BCUT2D eigenvalue weighted by Crippen LogP contribution is -2.08. The highest BCUT2D eigenvalue weighted by Crippen LogP contribution is 2.35. The van der Waals surface area contributed by atoms with Crippen molar-refractivity contribution >= 4 is 39.3 Å². The van der Waals surface area contributed by atoms with Crippen LogP contribution in [0.25, 0.3) is 21.9 Å². The molecule has 0 spiro atoms. The topological polar surface area (TPSA) is 26.3 Å². The van der Waals surface area contributed by atoms with Crippen molar-refractivity contribution in [2.75, 3.05) is 6.61 Å². The van der Waals surface area contributed by atoms with E-state index in [0.717, 1.165) is 25.5 Å². The van der Waals surface area contributed by atoms with E-state index in [4.69, 9.17) is 4.74 Å². The molecule has 0 heterocycles. The average Bonchev–Trinajstić information content (AvgIpc) is 2.56. The van der Waals surface area contributed by atoms with Crippen LogP contribution in [-0.4, -0.2) is 12.6 Å². The minimum absolute atomic E-state index is 0.273. The van der Waals surface area contributed by atoms with Crippen molar-refractivity contribution in [3.05, 3.63) is 69.8 Å². The fourth-order valence-electron chi connectivity index (χ4n) is 2.56. The van der Waals surface area contributed by atoms with Gasteiger partial charge in [0.25, 0.3) is 0 Å². The molecule has 0 saturated carbocycles. The van der Waals surface area contributed by atoms with Gasteiger partial charge in [-0.15, -0.1) is 0 Å². The number of esters is 1. The van der Waals surface area contributed by atoms with E-state index < -0.39 is 0 Å². The summed E-state index contributed by atoms with van der Waals surface area (Å²) in [5.41, 5.74) is 2.59. The molecule has 22 heavy (non-hydrogen) atoms. The Morgan fingerprint density at radius 3 is 2.45 bits per heavy atom. The normalized spacial score (nSPS) is 10.6. The maximum atomic E-state index is 12.4. The number of ether oxygens (including phenoxy) is 1. The predicted octanol–water partition coefficient (Wildman–Crippen LogP) is 5.29. The predicted molar refractivity (Wildman–Crippen MR) is 98.1 cm³/mol. The summed E-state index contributed by atoms with van der Waals surface area (Å²) in [7, 11) is 0. The van der Waals surface area contributed by atoms with Crippen LogP contribution >= 0.6 is 22.6 Å². The largest absolute Gasteiger partial charge is 0.462 e. The minimum atomic E-state index is -0.273. The zero-order valence-corrected chi connectivity index (χ0v) is 14.3. The van der Waals surface area contributed by atoms with Crippen LogP contribution in [0.1, 0.15) is 17.3 Å². The highest BCUT2D eigenvalue weighted by atomic mass is 127. The van der Waals surface area contributed by atoms with Crippen molar-refractivity contribution in [3.63, 3.8) is 0 Å². The average molecular weight is 402 g/mol. The van der Waals surface area contributed by atoms with Crippen LogP contribution in [0.4, 0.5) is 0 Å². The van der Waals surface area contributed by atoms with E-state index in [1.165, 1.54) is 0 Å². The van der Waals surface area contributed by atoms with Gasteiger partial charge in [0.05, 0.1) is 12.2 Å². The van der Waals surface area contributed by atoms with E-state index >= 15 is 0 Å². The van der Waals surface area contributed by atoms with Gasteiger partial charge >= 0.3 is 5.97 Å². The summed E-state index contributed by atoms with van der Waals surface area (Å²) in [6, 6.07) is 20.0. The Labute approximate surface area is 143 Å². The Hall–Kier alpha value is -1.88. The first-order valence-corrected chi connectivity index (χ1v) is 8.24. The van der Waals surface area contributed by atoms with E-state index in [-0.39, 0.29) is 5.97 Å². The number of carbonyl (C=O) groups is 1. The van der Waals surface area contributed by atoms with Crippen molar-refractivity contribution < 1.29 is 9.53 Å². The molecule has 0 aliphatic carbocycles. The zero-order valence-electron chi connectivity index (χ0n) is 12.2. The molecular weight excluding hydrogens is 387 g/mol. The summed E-state index contributed by atoms with van der Waals surface area (Å²) in [5, 5.41) is 2.20. The molecule has 0 unspecified atom stereocenters. The van der Waals surface area contributed by atoms with Crippen LogP contribution in [0.2, 0.25) is 0 Å². The van der Waals surface area contributed by atoms with Crippen molar-refractivity contribution in [3.8, 4) is 11.1 Å². The van der Waals surface area contributed by atoms with Gasteiger partial charge < -0.3 is 4.74 Å². The molecule has 0 radical (unpaired) electrons. The van der Waals surface area contributed by atoms with Gasteiger partial charge in [0.1, 0.15) is 0 Å². The molecule has 2 nitrogen and oxygen atoms in total. The van der Waals surface area contributed by atoms with Crippen molar-refractivity contribution in [1.82, 2.24) is 0 Å². The highest BCUT2D eigenvalue weighted by Gasteiger charge is 2.19. The molecule has 3 aromatic carbocycles. The van der Waals surface area contributed by atoms with Crippen LogP contribution < -0.4 is 0 Å². The number of halogens is 1. The Morgan fingerprint density at radius 1 is 1.05 bits per heavy atom. The first kappa shape index (κ1) is 15.0. The SMILES string of the molecule is CCOC(=O)c1cc2ccccc2c(I)c1-c1ccccc1. The number of benzene rings is 3. The lowest BCUT2D eigenvalue weighted by atomic mass is 9.95. The molecule has 3 aromatic rings. The van der Waals surface area contributed by atoms with Crippen LogP contribution in [0.5, 0.6) is 0 Å². The molecule has 110 valence electrons. The third-order valence-corrected chi connectivity index (χ3v) is 4.66. The summed E-state index contributed by atoms with van der Waals surface area (Å²) < 4.78 is 6.33. The monoisotopic (exact) mass is 402 g/mol. The fourth-order valence-corrected chi connectivity index (χ4v) is 3.65. The second-order valence-corrected chi connectivity index (χ2v) is 6.00. The smallest absolute Gasteiger partial charge is 0.338 e. The first-order valence-electron chi connectivity index (χ1n) is 7.16. The van der Waals surface area contributed by atoms with Crippen molar-refractivity contribution in [1.29, 1.82) is 0 Å². The third kappa shape index (κ3) is 2.73. The van der Waals surface area contributed by atoms with Crippen LogP contribution in [0.3, 0.4) is 0 Å². The molecule has 0 saturated heterocycles. The second kappa shape index (κ2) is 6.48. The molecule has 0 N–H and O–H groups in total. The van der Waals surface area contributed by atoms with Crippen LogP contribution in [0.15, 0.2) is 60.7 Å². The molecule has 0 aromatic heterocycles. The van der Waals surface area contributed by atoms with E-state index in [1.807, 2.05) is 61.5 Å². The summed E-state index contributed by atoms with van der Waals surface area (Å²) in [4.78, 5) is 12.4. The molecule has 0 fully saturated rings. The van der Waals surface area contributed by atoms with E-state index in [9.17, 15) is 4.79 Å². The molecule has 0 bridgehead atoms. The molecule has 0 aliphatic rings. The van der Waals surface area contributed by atoms with Crippen molar-refractivity contribution in [2.24, 2.45) is 0 Å². The van der Waals surface area contributed by atoms with Gasteiger partial charge in [-0.2, -0.15) is 0 Å². The quantitative estimate of drug-likeness (QED) is 0.440. The van der Waals surface area contributed by atoms with E-state index in [2.05, 4.69) is 28.7 Å². The fraction of sp³-hybridized carbons (Fsp3) is 0.105. The lowest BCUT2D eigenvalue weighted by molar-refractivity contribution is 0.0527. The standard InChI is InChI=1S/C19H15IO2/c1-2-22-19(21)16-12-14-10-6-7-11-15(14)18(20)17(16)13-8-4-3-5-9-13/h3-12H,2H2,1H3. The molecule has 0 aliphatic heterocycles. The number of fused-ring (bicyclic) bond motifs is 1. The van der Waals surface area contributed by atoms with Crippen LogP contribution in [-0.2, 0) is 4.74 Å². The third-order valence-electron chi connectivity index (χ3n) is 3.54. The summed E-state index contributed by atoms with van der Waals surface area (Å²) in [6.07, 6.45) is 0. The van der Waals surface area contributed by atoms with Gasteiger partial charge in [-0.05, 0) is 51.9 Å². The summed E-state index contributed by atoms with van der Waals surface area (Å²) in [5.74, 6) is -0.273. The van der Waals surface area contributed by atoms with Gasteiger partial charge in [-0.25, -0.2) is 4.79 Å². The van der Waals surface area contributed by atoms with Gasteiger partial charge in [-0.3, -0.25) is 0 Å². The van der Waals surface area contributed by atoms with Gasteiger partial charge in [0, 0.05) is 9.13 Å². The Balaban J connectivity index is 2.33. The Morgan fingerprint density at radius 2 is 1.73 bits per heavy atom. The summed E-state index contributed by atoms with van der Waals surface area (Å²) in [6.45, 7) is 2.20. The second-order valence-electron chi connectivity index (χ2n) is 4.92. The molecule has 3 rings (SSSR count). The Bertz CT molecular complexity index is 825. The Kier molecular flexibility index (Phi) is 4.43. The van der Waals surface area contributed by atoms with E-state index in [0.29, 0.717) is 12.2 Å². The van der Waals surface area contributed by atoms with Gasteiger partial charge in [0.2, 0.25) is 0 Å². The number of carbonyl (C=O) groups excluding carboxylic acids is 1. The molecule has 0 atom stereocenters. The summed E-state index contributed by atoms with van der Waals surface area (Å²) >= 11 is 2.32. The minimum Gasteiger partial charge on any atom is -0.462 e. The highest BCUT2D eigenvalue weighted by molar-refractivity contribution is 14.1. The van der Waals surface area contributed by atoms with Gasteiger partial charge in [0.15, 0.2) is 0 Å². The lowest BCUT2D eigenvalue weighted by Gasteiger charge is -2.14.